The van der Waals surface area contributed by atoms with Gasteiger partial charge in [-0.15, -0.1) is 0 Å². The fraction of sp³-hybridized carbons (Fsp3) is 0.667. The molecule has 1 heterocycles. The summed E-state index contributed by atoms with van der Waals surface area (Å²) in [7, 11) is 1.99. The highest BCUT2D eigenvalue weighted by molar-refractivity contribution is 5.42. The highest BCUT2D eigenvalue weighted by atomic mass is 15.1. The van der Waals surface area contributed by atoms with Crippen LogP contribution in [0, 0.1) is 0 Å². The molecule has 12 heavy (non-hydrogen) atoms. The summed E-state index contributed by atoms with van der Waals surface area (Å²) in [4.78, 5) is 4.53. The second-order valence-electron chi connectivity index (χ2n) is 3.49. The SMILES string of the molecule is CCc1nc(C2CC2)c(N)n1C. The summed E-state index contributed by atoms with van der Waals surface area (Å²) < 4.78 is 2.01. The second-order valence-corrected chi connectivity index (χ2v) is 3.49. The summed E-state index contributed by atoms with van der Waals surface area (Å²) in [5.74, 6) is 2.64. The summed E-state index contributed by atoms with van der Waals surface area (Å²) >= 11 is 0. The summed E-state index contributed by atoms with van der Waals surface area (Å²) in [6.07, 6.45) is 3.50. The number of aromatic nitrogens is 2. The third kappa shape index (κ3) is 1.00. The van der Waals surface area contributed by atoms with Gasteiger partial charge in [0.25, 0.3) is 0 Å². The van der Waals surface area contributed by atoms with Crippen molar-refractivity contribution in [1.82, 2.24) is 9.55 Å². The lowest BCUT2D eigenvalue weighted by molar-refractivity contribution is 0.815. The number of nitrogen functional groups attached to an aromatic ring is 1. The maximum Gasteiger partial charge on any atom is 0.126 e. The first-order valence-corrected chi connectivity index (χ1v) is 4.55. The minimum absolute atomic E-state index is 0.663. The average molecular weight is 165 g/mol. The Kier molecular flexibility index (Phi) is 1.60. The normalized spacial score (nSPS) is 16.8. The third-order valence-corrected chi connectivity index (χ3v) is 2.54. The summed E-state index contributed by atoms with van der Waals surface area (Å²) in [5, 5.41) is 0. The number of hydrogen-bond acceptors (Lipinski definition) is 2. The maximum atomic E-state index is 5.92. The Balaban J connectivity index is 2.41. The second kappa shape index (κ2) is 2.51. The summed E-state index contributed by atoms with van der Waals surface area (Å²) in [6.45, 7) is 2.11. The quantitative estimate of drug-likeness (QED) is 0.720. The minimum Gasteiger partial charge on any atom is -0.384 e. The highest BCUT2D eigenvalue weighted by Crippen LogP contribution is 2.42. The van der Waals surface area contributed by atoms with Gasteiger partial charge in [-0.1, -0.05) is 6.92 Å². The van der Waals surface area contributed by atoms with E-state index in [2.05, 4.69) is 11.9 Å². The van der Waals surface area contributed by atoms with E-state index in [1.165, 1.54) is 12.8 Å². The van der Waals surface area contributed by atoms with Crippen molar-refractivity contribution < 1.29 is 0 Å². The van der Waals surface area contributed by atoms with Gasteiger partial charge in [0.05, 0.1) is 5.69 Å². The van der Waals surface area contributed by atoms with Gasteiger partial charge >= 0.3 is 0 Å². The predicted octanol–water partition coefficient (Wildman–Crippen LogP) is 1.44. The molecule has 1 saturated carbocycles. The van der Waals surface area contributed by atoms with Gasteiger partial charge in [0.2, 0.25) is 0 Å². The standard InChI is InChI=1S/C9H15N3/c1-3-7-11-8(6-4-5-6)9(10)12(7)2/h6H,3-5,10H2,1-2H3. The maximum absolute atomic E-state index is 5.92. The molecule has 2 N–H and O–H groups in total. The Labute approximate surface area is 72.6 Å². The van der Waals surface area contributed by atoms with Gasteiger partial charge in [-0.25, -0.2) is 4.98 Å². The Bertz CT molecular complexity index is 297. The molecular weight excluding hydrogens is 150 g/mol. The van der Waals surface area contributed by atoms with E-state index in [1.54, 1.807) is 0 Å². The monoisotopic (exact) mass is 165 g/mol. The lowest BCUT2D eigenvalue weighted by Gasteiger charge is -1.98. The molecule has 66 valence electrons. The molecular formula is C9H15N3. The van der Waals surface area contributed by atoms with Crippen molar-refractivity contribution in [3.63, 3.8) is 0 Å². The van der Waals surface area contributed by atoms with E-state index >= 15 is 0 Å². The molecule has 1 aliphatic carbocycles. The van der Waals surface area contributed by atoms with Crippen molar-refractivity contribution in [3.8, 4) is 0 Å². The number of aryl methyl sites for hydroxylation is 1. The predicted molar refractivity (Wildman–Crippen MR) is 49.0 cm³/mol. The first kappa shape index (κ1) is 7.65. The van der Waals surface area contributed by atoms with Crippen LogP contribution in [0.15, 0.2) is 0 Å². The van der Waals surface area contributed by atoms with Gasteiger partial charge in [0.15, 0.2) is 0 Å². The Morgan fingerprint density at radius 3 is 2.67 bits per heavy atom. The van der Waals surface area contributed by atoms with E-state index < -0.39 is 0 Å². The Hall–Kier alpha value is -0.990. The first-order chi connectivity index (χ1) is 5.74. The van der Waals surface area contributed by atoms with Crippen LogP contribution in [0.25, 0.3) is 0 Å². The van der Waals surface area contributed by atoms with E-state index in [0.29, 0.717) is 5.92 Å². The van der Waals surface area contributed by atoms with Crippen molar-refractivity contribution in [2.24, 2.45) is 7.05 Å². The van der Waals surface area contributed by atoms with Crippen LogP contribution in [0.1, 0.15) is 37.2 Å². The molecule has 0 radical (unpaired) electrons. The van der Waals surface area contributed by atoms with E-state index in [9.17, 15) is 0 Å². The zero-order valence-electron chi connectivity index (χ0n) is 7.67. The molecule has 0 unspecified atom stereocenters. The zero-order chi connectivity index (χ0) is 8.72. The van der Waals surface area contributed by atoms with Crippen LogP contribution >= 0.6 is 0 Å². The molecule has 0 amide bonds. The van der Waals surface area contributed by atoms with E-state index in [-0.39, 0.29) is 0 Å². The van der Waals surface area contributed by atoms with E-state index in [4.69, 9.17) is 5.73 Å². The van der Waals surface area contributed by atoms with Crippen LogP contribution in [0.4, 0.5) is 5.82 Å². The largest absolute Gasteiger partial charge is 0.384 e. The van der Waals surface area contributed by atoms with Crippen LogP contribution in [-0.4, -0.2) is 9.55 Å². The van der Waals surface area contributed by atoms with Gasteiger partial charge in [-0.3, -0.25) is 0 Å². The van der Waals surface area contributed by atoms with Crippen LogP contribution in [0.3, 0.4) is 0 Å². The summed E-state index contributed by atoms with van der Waals surface area (Å²) in [5.41, 5.74) is 7.05. The summed E-state index contributed by atoms with van der Waals surface area (Å²) in [6, 6.07) is 0. The van der Waals surface area contributed by atoms with Crippen LogP contribution in [-0.2, 0) is 13.5 Å². The smallest absolute Gasteiger partial charge is 0.126 e. The van der Waals surface area contributed by atoms with Crippen LogP contribution < -0.4 is 5.73 Å². The van der Waals surface area contributed by atoms with E-state index in [1.807, 2.05) is 11.6 Å². The molecule has 1 aromatic rings. The zero-order valence-corrected chi connectivity index (χ0v) is 7.67. The number of nitrogens with two attached hydrogens (primary N) is 1. The van der Waals surface area contributed by atoms with Gasteiger partial charge in [0.1, 0.15) is 11.6 Å². The number of imidazole rings is 1. The Morgan fingerprint density at radius 2 is 2.25 bits per heavy atom. The van der Waals surface area contributed by atoms with Crippen molar-refractivity contribution >= 4 is 5.82 Å². The fourth-order valence-corrected chi connectivity index (χ4v) is 1.56. The van der Waals surface area contributed by atoms with Crippen molar-refractivity contribution in [3.05, 3.63) is 11.5 Å². The van der Waals surface area contributed by atoms with Crippen LogP contribution in [0.2, 0.25) is 0 Å². The average Bonchev–Trinajstić information content (AvgIpc) is 2.84. The topological polar surface area (TPSA) is 43.8 Å². The third-order valence-electron chi connectivity index (χ3n) is 2.54. The molecule has 0 bridgehead atoms. The molecule has 1 aliphatic rings. The molecule has 0 spiro atoms. The van der Waals surface area contributed by atoms with Crippen molar-refractivity contribution in [1.29, 1.82) is 0 Å². The van der Waals surface area contributed by atoms with E-state index in [0.717, 1.165) is 23.8 Å². The number of nitrogens with zero attached hydrogens (tertiary/aromatic N) is 2. The lowest BCUT2D eigenvalue weighted by Crippen LogP contribution is -2.00. The Morgan fingerprint density at radius 1 is 1.58 bits per heavy atom. The fourth-order valence-electron chi connectivity index (χ4n) is 1.56. The molecule has 0 saturated heterocycles. The lowest BCUT2D eigenvalue weighted by atomic mass is 10.3. The minimum atomic E-state index is 0.663. The highest BCUT2D eigenvalue weighted by Gasteiger charge is 2.29. The number of anilines is 1. The van der Waals surface area contributed by atoms with Crippen LogP contribution in [0.5, 0.6) is 0 Å². The molecule has 0 atom stereocenters. The number of rotatable bonds is 2. The number of hydrogen-bond donors (Lipinski definition) is 1. The molecule has 0 aromatic carbocycles. The molecule has 1 aromatic heterocycles. The first-order valence-electron chi connectivity index (χ1n) is 4.55. The molecule has 1 fully saturated rings. The molecule has 3 nitrogen and oxygen atoms in total. The van der Waals surface area contributed by atoms with Gasteiger partial charge in [0, 0.05) is 19.4 Å². The van der Waals surface area contributed by atoms with Gasteiger partial charge in [-0.05, 0) is 12.8 Å². The molecule has 0 aliphatic heterocycles. The molecule has 2 rings (SSSR count). The van der Waals surface area contributed by atoms with Gasteiger partial charge < -0.3 is 10.3 Å². The van der Waals surface area contributed by atoms with Crippen molar-refractivity contribution in [2.75, 3.05) is 5.73 Å². The van der Waals surface area contributed by atoms with Gasteiger partial charge in [-0.2, -0.15) is 0 Å². The molecule has 3 heteroatoms. The van der Waals surface area contributed by atoms with Crippen molar-refractivity contribution in [2.45, 2.75) is 32.1 Å².